The zero-order valence-corrected chi connectivity index (χ0v) is 10.6. The third-order valence-corrected chi connectivity index (χ3v) is 2.43. The second-order valence-electron chi connectivity index (χ2n) is 3.92. The van der Waals surface area contributed by atoms with Crippen LogP contribution in [0.15, 0.2) is 0 Å². The van der Waals surface area contributed by atoms with Gasteiger partial charge in [-0.1, -0.05) is 0 Å². The third-order valence-electron chi connectivity index (χ3n) is 2.43. The normalized spacial score (nSPS) is 23.1. The van der Waals surface area contributed by atoms with Gasteiger partial charge in [0.1, 0.15) is 6.61 Å². The molecule has 0 N–H and O–H groups in total. The van der Waals surface area contributed by atoms with Crippen LogP contribution >= 0.6 is 0 Å². The SMILES string of the molecule is COCCOCCOC(=O)C1(C)CCOC(=O)O1. The number of carbonyl (C=O) groups is 2. The van der Waals surface area contributed by atoms with E-state index in [0.717, 1.165) is 0 Å². The lowest BCUT2D eigenvalue weighted by Crippen LogP contribution is -2.46. The number of esters is 1. The molecule has 0 amide bonds. The Labute approximate surface area is 105 Å². The first-order chi connectivity index (χ1) is 8.58. The summed E-state index contributed by atoms with van der Waals surface area (Å²) in [5.74, 6) is -0.588. The highest BCUT2D eigenvalue weighted by Crippen LogP contribution is 2.22. The number of methoxy groups -OCH3 is 1. The molecule has 1 heterocycles. The minimum absolute atomic E-state index is 0.108. The summed E-state index contributed by atoms with van der Waals surface area (Å²) in [5, 5.41) is 0. The van der Waals surface area contributed by atoms with Crippen LogP contribution in [0.2, 0.25) is 0 Å². The maximum Gasteiger partial charge on any atom is 0.509 e. The summed E-state index contributed by atoms with van der Waals surface area (Å²) in [6.07, 6.45) is -0.570. The van der Waals surface area contributed by atoms with Crippen molar-refractivity contribution in [1.82, 2.24) is 0 Å². The van der Waals surface area contributed by atoms with Gasteiger partial charge in [-0.2, -0.15) is 0 Å². The van der Waals surface area contributed by atoms with Crippen LogP contribution in [0.1, 0.15) is 13.3 Å². The molecule has 0 radical (unpaired) electrons. The summed E-state index contributed by atoms with van der Waals surface area (Å²) in [7, 11) is 1.57. The maximum absolute atomic E-state index is 11.7. The number of rotatable bonds is 7. The van der Waals surface area contributed by atoms with E-state index in [1.54, 1.807) is 7.11 Å². The van der Waals surface area contributed by atoms with Crippen LogP contribution in [-0.2, 0) is 28.5 Å². The van der Waals surface area contributed by atoms with Crippen LogP contribution in [0.3, 0.4) is 0 Å². The van der Waals surface area contributed by atoms with Gasteiger partial charge in [0.05, 0.1) is 26.4 Å². The van der Waals surface area contributed by atoms with E-state index in [-0.39, 0.29) is 26.2 Å². The van der Waals surface area contributed by atoms with Crippen LogP contribution in [0, 0.1) is 0 Å². The predicted octanol–water partition coefficient (Wildman–Crippen LogP) is 0.508. The van der Waals surface area contributed by atoms with E-state index in [9.17, 15) is 9.59 Å². The van der Waals surface area contributed by atoms with Gasteiger partial charge in [0.15, 0.2) is 0 Å². The molecule has 0 spiro atoms. The average molecular weight is 262 g/mol. The fourth-order valence-corrected chi connectivity index (χ4v) is 1.33. The van der Waals surface area contributed by atoms with Crippen molar-refractivity contribution in [3.63, 3.8) is 0 Å². The van der Waals surface area contributed by atoms with Gasteiger partial charge in [-0.05, 0) is 6.92 Å². The molecular formula is C11H18O7. The molecule has 0 aromatic rings. The first kappa shape index (κ1) is 14.7. The van der Waals surface area contributed by atoms with Crippen molar-refractivity contribution in [2.45, 2.75) is 18.9 Å². The van der Waals surface area contributed by atoms with Crippen LogP contribution in [-0.4, -0.2) is 57.9 Å². The molecule has 0 saturated carbocycles. The van der Waals surface area contributed by atoms with Crippen molar-refractivity contribution in [2.75, 3.05) is 40.1 Å². The highest BCUT2D eigenvalue weighted by molar-refractivity contribution is 5.82. The lowest BCUT2D eigenvalue weighted by atomic mass is 10.0. The molecule has 1 saturated heterocycles. The van der Waals surface area contributed by atoms with Crippen LogP contribution in [0.25, 0.3) is 0 Å². The monoisotopic (exact) mass is 262 g/mol. The summed E-state index contributed by atoms with van der Waals surface area (Å²) in [4.78, 5) is 22.7. The zero-order chi connectivity index (χ0) is 13.4. The summed E-state index contributed by atoms with van der Waals surface area (Å²) < 4.78 is 24.3. The molecule has 1 aliphatic rings. The summed E-state index contributed by atoms with van der Waals surface area (Å²) >= 11 is 0. The fourth-order valence-electron chi connectivity index (χ4n) is 1.33. The van der Waals surface area contributed by atoms with E-state index in [1.807, 2.05) is 0 Å². The third kappa shape index (κ3) is 4.50. The molecule has 0 aliphatic carbocycles. The van der Waals surface area contributed by atoms with Gasteiger partial charge in [0.2, 0.25) is 5.60 Å². The summed E-state index contributed by atoms with van der Waals surface area (Å²) in [5.41, 5.74) is -1.26. The lowest BCUT2D eigenvalue weighted by Gasteiger charge is -2.30. The Kier molecular flexibility index (Phi) is 5.87. The van der Waals surface area contributed by atoms with Gasteiger partial charge in [-0.25, -0.2) is 9.59 Å². The molecule has 18 heavy (non-hydrogen) atoms. The average Bonchev–Trinajstić information content (AvgIpc) is 2.33. The largest absolute Gasteiger partial charge is 0.509 e. The minimum atomic E-state index is -1.26. The number of ether oxygens (including phenoxy) is 5. The van der Waals surface area contributed by atoms with Crippen LogP contribution in [0.4, 0.5) is 4.79 Å². The molecule has 1 unspecified atom stereocenters. The summed E-state index contributed by atoms with van der Waals surface area (Å²) in [6.45, 7) is 2.96. The van der Waals surface area contributed by atoms with Crippen molar-refractivity contribution in [1.29, 1.82) is 0 Å². The molecule has 0 bridgehead atoms. The Bertz CT molecular complexity index is 291. The van der Waals surface area contributed by atoms with Gasteiger partial charge >= 0.3 is 12.1 Å². The van der Waals surface area contributed by atoms with E-state index >= 15 is 0 Å². The number of hydrogen-bond donors (Lipinski definition) is 0. The van der Waals surface area contributed by atoms with Gasteiger partial charge in [-0.3, -0.25) is 0 Å². The highest BCUT2D eigenvalue weighted by atomic mass is 16.7. The quantitative estimate of drug-likeness (QED) is 0.488. The number of cyclic esters (lactones) is 2. The molecular weight excluding hydrogens is 244 g/mol. The van der Waals surface area contributed by atoms with Gasteiger partial charge in [0, 0.05) is 13.5 Å². The van der Waals surface area contributed by atoms with Gasteiger partial charge in [-0.15, -0.1) is 0 Å². The van der Waals surface area contributed by atoms with E-state index in [1.165, 1.54) is 6.92 Å². The summed E-state index contributed by atoms with van der Waals surface area (Å²) in [6, 6.07) is 0. The first-order valence-electron chi connectivity index (χ1n) is 5.68. The molecule has 1 fully saturated rings. The minimum Gasteiger partial charge on any atom is -0.460 e. The van der Waals surface area contributed by atoms with Crippen molar-refractivity contribution in [3.8, 4) is 0 Å². The van der Waals surface area contributed by atoms with Crippen molar-refractivity contribution < 1.29 is 33.3 Å². The van der Waals surface area contributed by atoms with Gasteiger partial charge < -0.3 is 23.7 Å². The predicted molar refractivity (Wildman–Crippen MR) is 59.1 cm³/mol. The highest BCUT2D eigenvalue weighted by Gasteiger charge is 2.42. The zero-order valence-electron chi connectivity index (χ0n) is 10.6. The Morgan fingerprint density at radius 1 is 1.33 bits per heavy atom. The van der Waals surface area contributed by atoms with Gasteiger partial charge in [0.25, 0.3) is 0 Å². The molecule has 104 valence electrons. The van der Waals surface area contributed by atoms with Crippen molar-refractivity contribution in [2.24, 2.45) is 0 Å². The first-order valence-corrected chi connectivity index (χ1v) is 5.68. The maximum atomic E-state index is 11.7. The molecule has 7 nitrogen and oxygen atoms in total. The molecule has 1 rings (SSSR count). The smallest absolute Gasteiger partial charge is 0.460 e. The van der Waals surface area contributed by atoms with E-state index in [2.05, 4.69) is 4.74 Å². The van der Waals surface area contributed by atoms with Crippen LogP contribution < -0.4 is 0 Å². The van der Waals surface area contributed by atoms with E-state index < -0.39 is 17.7 Å². The van der Waals surface area contributed by atoms with Crippen molar-refractivity contribution >= 4 is 12.1 Å². The second-order valence-corrected chi connectivity index (χ2v) is 3.92. The molecule has 1 aliphatic heterocycles. The Morgan fingerprint density at radius 3 is 2.72 bits per heavy atom. The standard InChI is InChI=1S/C11H18O7/c1-11(3-4-17-10(13)18-11)9(12)16-8-7-15-6-5-14-2/h3-8H2,1-2H3. The van der Waals surface area contributed by atoms with E-state index in [0.29, 0.717) is 13.2 Å². The van der Waals surface area contributed by atoms with E-state index in [4.69, 9.17) is 18.9 Å². The Hall–Kier alpha value is -1.34. The lowest BCUT2D eigenvalue weighted by molar-refractivity contribution is -0.175. The van der Waals surface area contributed by atoms with Crippen LogP contribution in [0.5, 0.6) is 0 Å². The second kappa shape index (κ2) is 7.17. The molecule has 7 heteroatoms. The topological polar surface area (TPSA) is 80.3 Å². The number of hydrogen-bond acceptors (Lipinski definition) is 7. The molecule has 0 aromatic heterocycles. The van der Waals surface area contributed by atoms with Crippen molar-refractivity contribution in [3.05, 3.63) is 0 Å². The molecule has 0 aromatic carbocycles. The Morgan fingerprint density at radius 2 is 2.06 bits per heavy atom. The fraction of sp³-hybridized carbons (Fsp3) is 0.818. The Balaban J connectivity index is 2.21. The number of carbonyl (C=O) groups excluding carboxylic acids is 2. The molecule has 1 atom stereocenters.